The fraction of sp³-hybridized carbons (Fsp3) is 0.333. The van der Waals surface area contributed by atoms with Crippen LogP contribution in [0.25, 0.3) is 0 Å². The molecule has 3 rings (SSSR count). The van der Waals surface area contributed by atoms with Gasteiger partial charge in [0.05, 0.1) is 19.8 Å². The highest BCUT2D eigenvalue weighted by Crippen LogP contribution is 2.28. The first-order valence-corrected chi connectivity index (χ1v) is 8.99. The second kappa shape index (κ2) is 8.58. The smallest absolute Gasteiger partial charge is 0.257 e. The zero-order valence-corrected chi connectivity index (χ0v) is 15.6. The summed E-state index contributed by atoms with van der Waals surface area (Å²) in [5.74, 6) is 0.960. The summed E-state index contributed by atoms with van der Waals surface area (Å²) in [6.07, 6.45) is 1.28. The van der Waals surface area contributed by atoms with Gasteiger partial charge in [0.1, 0.15) is 11.5 Å². The third-order valence-corrected chi connectivity index (χ3v) is 4.83. The van der Waals surface area contributed by atoms with Gasteiger partial charge in [0.15, 0.2) is 0 Å². The second-order valence-corrected chi connectivity index (χ2v) is 6.49. The zero-order valence-electron chi connectivity index (χ0n) is 15.6. The summed E-state index contributed by atoms with van der Waals surface area (Å²) in [7, 11) is 3.10. The summed E-state index contributed by atoms with van der Waals surface area (Å²) in [6.45, 7) is 1.09. The molecule has 2 amide bonds. The minimum atomic E-state index is -0.0907. The van der Waals surface area contributed by atoms with Crippen LogP contribution in [-0.4, -0.2) is 44.0 Å². The molecule has 0 atom stereocenters. The number of nitrogens with one attached hydrogen (secondary N) is 1. The summed E-state index contributed by atoms with van der Waals surface area (Å²) >= 11 is 0. The van der Waals surface area contributed by atoms with Crippen LogP contribution in [0.15, 0.2) is 48.5 Å². The van der Waals surface area contributed by atoms with Gasteiger partial charge in [0, 0.05) is 30.8 Å². The molecule has 1 N–H and O–H groups in total. The molecule has 0 aromatic heterocycles. The van der Waals surface area contributed by atoms with Gasteiger partial charge in [0.2, 0.25) is 5.91 Å². The minimum Gasteiger partial charge on any atom is -0.497 e. The van der Waals surface area contributed by atoms with Crippen LogP contribution in [-0.2, 0) is 4.79 Å². The van der Waals surface area contributed by atoms with E-state index in [1.165, 1.54) is 7.11 Å². The maximum absolute atomic E-state index is 12.9. The van der Waals surface area contributed by atoms with Crippen LogP contribution >= 0.6 is 0 Å². The molecule has 0 unspecified atom stereocenters. The molecule has 6 heteroatoms. The number of para-hydroxylation sites is 1. The van der Waals surface area contributed by atoms with E-state index >= 15 is 0 Å². The Morgan fingerprint density at radius 2 is 1.70 bits per heavy atom. The number of rotatable bonds is 5. The minimum absolute atomic E-state index is 0.00956. The molecule has 2 aromatic rings. The van der Waals surface area contributed by atoms with Gasteiger partial charge in [-0.15, -0.1) is 0 Å². The monoisotopic (exact) mass is 368 g/mol. The van der Waals surface area contributed by atoms with Gasteiger partial charge in [-0.3, -0.25) is 9.59 Å². The van der Waals surface area contributed by atoms with Crippen molar-refractivity contribution in [2.24, 2.45) is 5.92 Å². The van der Waals surface area contributed by atoms with Crippen LogP contribution in [0.5, 0.6) is 11.5 Å². The van der Waals surface area contributed by atoms with E-state index in [0.717, 1.165) is 5.69 Å². The Morgan fingerprint density at radius 3 is 2.33 bits per heavy atom. The third-order valence-electron chi connectivity index (χ3n) is 4.83. The van der Waals surface area contributed by atoms with Crippen molar-refractivity contribution < 1.29 is 19.1 Å². The highest BCUT2D eigenvalue weighted by atomic mass is 16.5. The third kappa shape index (κ3) is 4.39. The average molecular weight is 368 g/mol. The van der Waals surface area contributed by atoms with Gasteiger partial charge < -0.3 is 19.7 Å². The van der Waals surface area contributed by atoms with Gasteiger partial charge in [-0.05, 0) is 37.1 Å². The van der Waals surface area contributed by atoms with Crippen LogP contribution in [0.4, 0.5) is 5.69 Å². The van der Waals surface area contributed by atoms with Crippen molar-refractivity contribution in [2.75, 3.05) is 32.6 Å². The van der Waals surface area contributed by atoms with Crippen molar-refractivity contribution >= 4 is 17.5 Å². The number of hydrogen-bond acceptors (Lipinski definition) is 4. The predicted molar refractivity (Wildman–Crippen MR) is 103 cm³/mol. The lowest BCUT2D eigenvalue weighted by molar-refractivity contribution is -0.121. The number of benzene rings is 2. The topological polar surface area (TPSA) is 67.9 Å². The molecular weight excluding hydrogens is 344 g/mol. The molecule has 0 radical (unpaired) electrons. The second-order valence-electron chi connectivity index (χ2n) is 6.49. The van der Waals surface area contributed by atoms with Crippen LogP contribution in [0.2, 0.25) is 0 Å². The van der Waals surface area contributed by atoms with E-state index in [9.17, 15) is 9.59 Å². The Labute approximate surface area is 159 Å². The van der Waals surface area contributed by atoms with Crippen LogP contribution in [0, 0.1) is 5.92 Å². The van der Waals surface area contributed by atoms with Gasteiger partial charge in [-0.25, -0.2) is 0 Å². The first-order valence-electron chi connectivity index (χ1n) is 8.99. The van der Waals surface area contributed by atoms with Crippen LogP contribution in [0.3, 0.4) is 0 Å². The maximum Gasteiger partial charge on any atom is 0.257 e. The molecule has 1 fully saturated rings. The number of anilines is 1. The number of carbonyl (C=O) groups excluding carboxylic acids is 2. The molecule has 0 spiro atoms. The molecule has 0 saturated carbocycles. The Balaban J connectivity index is 1.60. The first kappa shape index (κ1) is 18.8. The first-order chi connectivity index (χ1) is 13.1. The van der Waals surface area contributed by atoms with Gasteiger partial charge >= 0.3 is 0 Å². The number of methoxy groups -OCH3 is 2. The summed E-state index contributed by atoms with van der Waals surface area (Å²) in [5.41, 5.74) is 1.30. The Bertz CT molecular complexity index is 799. The van der Waals surface area contributed by atoms with Crippen LogP contribution in [0.1, 0.15) is 23.2 Å². The van der Waals surface area contributed by atoms with E-state index in [1.54, 1.807) is 30.2 Å². The summed E-state index contributed by atoms with van der Waals surface area (Å²) < 4.78 is 10.5. The molecule has 1 saturated heterocycles. The van der Waals surface area contributed by atoms with Gasteiger partial charge in [0.25, 0.3) is 5.91 Å². The van der Waals surface area contributed by atoms with E-state index in [1.807, 2.05) is 30.3 Å². The zero-order chi connectivity index (χ0) is 19.2. The van der Waals surface area contributed by atoms with E-state index in [4.69, 9.17) is 9.47 Å². The highest BCUT2D eigenvalue weighted by molar-refractivity contribution is 5.97. The van der Waals surface area contributed by atoms with Crippen molar-refractivity contribution in [1.82, 2.24) is 4.90 Å². The molecular formula is C21H24N2O4. The van der Waals surface area contributed by atoms with Crippen molar-refractivity contribution in [3.63, 3.8) is 0 Å². The number of likely N-dealkylation sites (tertiary alicyclic amines) is 1. The predicted octanol–water partition coefficient (Wildman–Crippen LogP) is 3.19. The molecule has 142 valence electrons. The Morgan fingerprint density at radius 1 is 1.00 bits per heavy atom. The van der Waals surface area contributed by atoms with Crippen molar-refractivity contribution in [1.29, 1.82) is 0 Å². The van der Waals surface area contributed by atoms with E-state index < -0.39 is 0 Å². The fourth-order valence-corrected chi connectivity index (χ4v) is 3.26. The molecule has 0 aliphatic carbocycles. The summed E-state index contributed by atoms with van der Waals surface area (Å²) in [5, 5.41) is 2.94. The number of carbonyl (C=O) groups is 2. The lowest BCUT2D eigenvalue weighted by Gasteiger charge is -2.31. The lowest BCUT2D eigenvalue weighted by atomic mass is 9.95. The van der Waals surface area contributed by atoms with Crippen molar-refractivity contribution in [3.05, 3.63) is 54.1 Å². The van der Waals surface area contributed by atoms with Gasteiger partial charge in [-0.2, -0.15) is 0 Å². The molecule has 6 nitrogen and oxygen atoms in total. The highest BCUT2D eigenvalue weighted by Gasteiger charge is 2.29. The van der Waals surface area contributed by atoms with Crippen molar-refractivity contribution in [2.45, 2.75) is 12.8 Å². The number of amides is 2. The van der Waals surface area contributed by atoms with E-state index in [-0.39, 0.29) is 17.7 Å². The molecule has 1 aliphatic heterocycles. The fourth-order valence-electron chi connectivity index (χ4n) is 3.26. The van der Waals surface area contributed by atoms with Crippen molar-refractivity contribution in [3.8, 4) is 11.5 Å². The van der Waals surface area contributed by atoms with E-state index in [2.05, 4.69) is 5.32 Å². The van der Waals surface area contributed by atoms with Crippen LogP contribution < -0.4 is 14.8 Å². The number of hydrogen-bond donors (Lipinski definition) is 1. The maximum atomic E-state index is 12.9. The average Bonchev–Trinajstić information content (AvgIpc) is 2.73. The van der Waals surface area contributed by atoms with Gasteiger partial charge in [-0.1, -0.05) is 18.2 Å². The number of ether oxygens (including phenoxy) is 2. The Hall–Kier alpha value is -3.02. The standard InChI is InChI=1S/C21H24N2O4/c1-26-17-8-9-18(19(14-17)27-2)21(25)23-12-10-15(11-13-23)20(24)22-16-6-4-3-5-7-16/h3-9,14-15H,10-13H2,1-2H3,(H,22,24). The summed E-state index contributed by atoms with van der Waals surface area (Å²) in [6, 6.07) is 14.6. The molecule has 27 heavy (non-hydrogen) atoms. The number of piperidine rings is 1. The molecule has 0 bridgehead atoms. The van der Waals surface area contributed by atoms with E-state index in [0.29, 0.717) is 43.0 Å². The number of nitrogens with zero attached hydrogens (tertiary/aromatic N) is 1. The Kier molecular flexibility index (Phi) is 5.96. The molecule has 2 aromatic carbocycles. The largest absolute Gasteiger partial charge is 0.497 e. The normalized spacial score (nSPS) is 14.5. The molecule has 1 aliphatic rings. The lowest BCUT2D eigenvalue weighted by Crippen LogP contribution is -2.41. The quantitative estimate of drug-likeness (QED) is 0.880. The molecule has 1 heterocycles. The SMILES string of the molecule is COc1ccc(C(=O)N2CCC(C(=O)Nc3ccccc3)CC2)c(OC)c1. The summed E-state index contributed by atoms with van der Waals surface area (Å²) in [4.78, 5) is 27.1.